The van der Waals surface area contributed by atoms with Crippen LogP contribution in [0.2, 0.25) is 0 Å². The second-order valence-electron chi connectivity index (χ2n) is 5.52. The molecule has 0 aromatic carbocycles. The first kappa shape index (κ1) is 14.9. The normalized spacial score (nSPS) is 17.0. The van der Waals surface area contributed by atoms with Gasteiger partial charge in [0.05, 0.1) is 6.20 Å². The minimum atomic E-state index is 0.186. The Morgan fingerprint density at radius 1 is 1.27 bits per heavy atom. The number of nitrogens with zero attached hydrogens (tertiary/aromatic N) is 2. The zero-order valence-corrected chi connectivity index (χ0v) is 12.5. The summed E-state index contributed by atoms with van der Waals surface area (Å²) in [6.07, 6.45) is 8.06. The summed E-state index contributed by atoms with van der Waals surface area (Å²) in [5.41, 5.74) is 3.07. The van der Waals surface area contributed by atoms with E-state index in [0.29, 0.717) is 12.6 Å². The summed E-state index contributed by atoms with van der Waals surface area (Å²) in [6.45, 7) is 1.95. The summed E-state index contributed by atoms with van der Waals surface area (Å²) >= 11 is 0. The van der Waals surface area contributed by atoms with Crippen molar-refractivity contribution in [2.75, 3.05) is 19.8 Å². The van der Waals surface area contributed by atoms with E-state index in [9.17, 15) is 0 Å². The van der Waals surface area contributed by atoms with Crippen molar-refractivity contribution in [2.24, 2.45) is 0 Å². The number of aryl methyl sites for hydroxylation is 1. The topological polar surface area (TPSA) is 67.3 Å². The molecule has 5 heteroatoms. The number of hydrogen-bond acceptors (Lipinski definition) is 5. The molecular formula is C17H21N3O2. The van der Waals surface area contributed by atoms with Crippen LogP contribution < -0.4 is 10.1 Å². The Morgan fingerprint density at radius 2 is 2.18 bits per heavy atom. The van der Waals surface area contributed by atoms with Gasteiger partial charge < -0.3 is 15.2 Å². The van der Waals surface area contributed by atoms with Gasteiger partial charge in [-0.1, -0.05) is 0 Å². The first-order valence-corrected chi connectivity index (χ1v) is 7.72. The van der Waals surface area contributed by atoms with E-state index in [0.717, 1.165) is 42.0 Å². The van der Waals surface area contributed by atoms with E-state index in [1.165, 1.54) is 6.42 Å². The van der Waals surface area contributed by atoms with Crippen LogP contribution in [-0.4, -0.2) is 40.9 Å². The Kier molecular flexibility index (Phi) is 4.98. The van der Waals surface area contributed by atoms with E-state index in [1.807, 2.05) is 24.4 Å². The van der Waals surface area contributed by atoms with Crippen LogP contribution in [0.1, 0.15) is 18.5 Å². The molecule has 1 unspecified atom stereocenters. The molecule has 5 nitrogen and oxygen atoms in total. The molecule has 0 spiro atoms. The summed E-state index contributed by atoms with van der Waals surface area (Å²) in [4.78, 5) is 8.60. The van der Waals surface area contributed by atoms with Gasteiger partial charge in [0, 0.05) is 36.3 Å². The van der Waals surface area contributed by atoms with Crippen molar-refractivity contribution in [3.8, 4) is 16.9 Å². The number of pyridine rings is 2. The highest BCUT2D eigenvalue weighted by molar-refractivity contribution is 5.63. The van der Waals surface area contributed by atoms with E-state index >= 15 is 0 Å². The highest BCUT2D eigenvalue weighted by atomic mass is 16.5. The van der Waals surface area contributed by atoms with E-state index < -0.39 is 0 Å². The largest absolute Gasteiger partial charge is 0.490 e. The van der Waals surface area contributed by atoms with Crippen molar-refractivity contribution >= 4 is 0 Å². The van der Waals surface area contributed by atoms with Gasteiger partial charge in [0.2, 0.25) is 0 Å². The molecule has 3 rings (SSSR count). The molecule has 1 atom stereocenters. The predicted molar refractivity (Wildman–Crippen MR) is 84.8 cm³/mol. The maximum absolute atomic E-state index is 8.92. The van der Waals surface area contributed by atoms with Gasteiger partial charge in [-0.2, -0.15) is 0 Å². The zero-order chi connectivity index (χ0) is 15.2. The fourth-order valence-corrected chi connectivity index (χ4v) is 2.40. The first-order valence-electron chi connectivity index (χ1n) is 7.72. The van der Waals surface area contributed by atoms with Crippen molar-refractivity contribution in [1.29, 1.82) is 0 Å². The number of aliphatic hydroxyl groups is 1. The maximum atomic E-state index is 8.92. The second kappa shape index (κ2) is 7.33. The van der Waals surface area contributed by atoms with Crippen LogP contribution in [0.4, 0.5) is 0 Å². The summed E-state index contributed by atoms with van der Waals surface area (Å²) in [5, 5.41) is 12.2. The van der Waals surface area contributed by atoms with Gasteiger partial charge in [-0.05, 0) is 49.6 Å². The summed E-state index contributed by atoms with van der Waals surface area (Å²) in [7, 11) is 0. The number of rotatable bonds is 7. The highest BCUT2D eigenvalue weighted by Crippen LogP contribution is 2.23. The molecule has 1 aliphatic heterocycles. The molecule has 0 amide bonds. The van der Waals surface area contributed by atoms with E-state index in [1.54, 1.807) is 12.4 Å². The fourth-order valence-electron chi connectivity index (χ4n) is 2.40. The third-order valence-electron chi connectivity index (χ3n) is 3.83. The number of aromatic nitrogens is 2. The van der Waals surface area contributed by atoms with Gasteiger partial charge in [-0.15, -0.1) is 0 Å². The summed E-state index contributed by atoms with van der Waals surface area (Å²) < 4.78 is 5.79. The molecule has 0 bridgehead atoms. The van der Waals surface area contributed by atoms with Crippen LogP contribution in [0.25, 0.3) is 11.1 Å². The van der Waals surface area contributed by atoms with Crippen molar-refractivity contribution in [3.05, 3.63) is 42.5 Å². The van der Waals surface area contributed by atoms with Crippen LogP contribution in [0.3, 0.4) is 0 Å². The van der Waals surface area contributed by atoms with Crippen LogP contribution in [0, 0.1) is 0 Å². The zero-order valence-electron chi connectivity index (χ0n) is 12.5. The third-order valence-corrected chi connectivity index (χ3v) is 3.83. The van der Waals surface area contributed by atoms with Crippen molar-refractivity contribution in [3.63, 3.8) is 0 Å². The third kappa shape index (κ3) is 3.81. The molecule has 2 aromatic heterocycles. The molecule has 0 saturated carbocycles. The standard InChI is InChI=1S/C17H21N3O2/c21-7-1-2-15-8-13(3-5-19-15)14-9-17(11-18-10-14)22-12-16-4-6-20-16/h3,5,8-11,16,20-21H,1-2,4,6-7,12H2. The average molecular weight is 299 g/mol. The molecule has 1 fully saturated rings. The lowest BCUT2D eigenvalue weighted by Crippen LogP contribution is -2.46. The van der Waals surface area contributed by atoms with Gasteiger partial charge in [0.1, 0.15) is 12.4 Å². The number of ether oxygens (including phenoxy) is 1. The lowest BCUT2D eigenvalue weighted by atomic mass is 10.1. The van der Waals surface area contributed by atoms with Crippen LogP contribution >= 0.6 is 0 Å². The van der Waals surface area contributed by atoms with Gasteiger partial charge in [-0.3, -0.25) is 9.97 Å². The molecule has 0 radical (unpaired) electrons. The first-order chi connectivity index (χ1) is 10.8. The van der Waals surface area contributed by atoms with Crippen molar-refractivity contribution < 1.29 is 9.84 Å². The second-order valence-corrected chi connectivity index (χ2v) is 5.52. The Hall–Kier alpha value is -1.98. The molecule has 1 aliphatic rings. The average Bonchev–Trinajstić information content (AvgIpc) is 2.52. The smallest absolute Gasteiger partial charge is 0.138 e. The molecule has 3 heterocycles. The Balaban J connectivity index is 1.70. The van der Waals surface area contributed by atoms with Crippen LogP contribution in [0.15, 0.2) is 36.8 Å². The van der Waals surface area contributed by atoms with Gasteiger partial charge in [-0.25, -0.2) is 0 Å². The molecule has 0 aliphatic carbocycles. The number of hydrogen-bond donors (Lipinski definition) is 2. The summed E-state index contributed by atoms with van der Waals surface area (Å²) in [5.74, 6) is 0.792. The minimum Gasteiger partial charge on any atom is -0.490 e. The van der Waals surface area contributed by atoms with Crippen LogP contribution in [-0.2, 0) is 6.42 Å². The highest BCUT2D eigenvalue weighted by Gasteiger charge is 2.16. The van der Waals surface area contributed by atoms with Crippen LogP contribution in [0.5, 0.6) is 5.75 Å². The molecule has 2 N–H and O–H groups in total. The lowest BCUT2D eigenvalue weighted by molar-refractivity contribution is 0.217. The molecule has 22 heavy (non-hydrogen) atoms. The molecule has 116 valence electrons. The molecular weight excluding hydrogens is 278 g/mol. The maximum Gasteiger partial charge on any atom is 0.138 e. The van der Waals surface area contributed by atoms with E-state index in [-0.39, 0.29) is 6.61 Å². The van der Waals surface area contributed by atoms with E-state index in [2.05, 4.69) is 15.3 Å². The minimum absolute atomic E-state index is 0.186. The predicted octanol–water partition coefficient (Wildman–Crippen LogP) is 1.81. The molecule has 1 saturated heterocycles. The molecule has 2 aromatic rings. The van der Waals surface area contributed by atoms with E-state index in [4.69, 9.17) is 9.84 Å². The Labute approximate surface area is 130 Å². The van der Waals surface area contributed by atoms with Gasteiger partial charge in [0.25, 0.3) is 0 Å². The van der Waals surface area contributed by atoms with Gasteiger partial charge >= 0.3 is 0 Å². The fraction of sp³-hybridized carbons (Fsp3) is 0.412. The monoisotopic (exact) mass is 299 g/mol. The number of nitrogens with one attached hydrogen (secondary N) is 1. The van der Waals surface area contributed by atoms with Crippen molar-refractivity contribution in [1.82, 2.24) is 15.3 Å². The number of aliphatic hydroxyl groups excluding tert-OH is 1. The Morgan fingerprint density at radius 3 is 2.95 bits per heavy atom. The Bertz CT molecular complexity index is 614. The van der Waals surface area contributed by atoms with Gasteiger partial charge in [0.15, 0.2) is 0 Å². The van der Waals surface area contributed by atoms with Crippen molar-refractivity contribution in [2.45, 2.75) is 25.3 Å². The quantitative estimate of drug-likeness (QED) is 0.816. The SMILES string of the molecule is OCCCc1cc(-c2cncc(OCC3CCN3)c2)ccn1. The lowest BCUT2D eigenvalue weighted by Gasteiger charge is -2.27. The summed E-state index contributed by atoms with van der Waals surface area (Å²) in [6, 6.07) is 6.49.